The molecule has 1 aliphatic heterocycles. The summed E-state index contributed by atoms with van der Waals surface area (Å²) < 4.78 is 2.02. The Bertz CT molecular complexity index is 490. The van der Waals surface area contributed by atoms with Gasteiger partial charge in [0.2, 0.25) is 5.91 Å². The molecule has 3 N–H and O–H groups in total. The van der Waals surface area contributed by atoms with Crippen molar-refractivity contribution in [3.05, 3.63) is 24.0 Å². The molecule has 0 aliphatic carbocycles. The molecule has 0 spiro atoms. The van der Waals surface area contributed by atoms with Gasteiger partial charge in [-0.1, -0.05) is 0 Å². The van der Waals surface area contributed by atoms with Crippen molar-refractivity contribution in [2.24, 2.45) is 0 Å². The van der Waals surface area contributed by atoms with E-state index < -0.39 is 0 Å². The van der Waals surface area contributed by atoms with E-state index in [2.05, 4.69) is 16.0 Å². The van der Waals surface area contributed by atoms with Gasteiger partial charge in [-0.05, 0) is 51.9 Å². The van der Waals surface area contributed by atoms with Gasteiger partial charge in [-0.15, -0.1) is 0 Å². The Morgan fingerprint density at radius 1 is 1.38 bits per heavy atom. The van der Waals surface area contributed by atoms with E-state index >= 15 is 0 Å². The molecule has 2 heterocycles. The lowest BCUT2D eigenvalue weighted by Crippen LogP contribution is -2.40. The fourth-order valence-corrected chi connectivity index (χ4v) is 2.61. The SMILES string of the molecule is CC(C)NC(=O)CNC(=O)c1cccn1C1CCNCC1. The van der Waals surface area contributed by atoms with E-state index in [4.69, 9.17) is 0 Å². The largest absolute Gasteiger partial charge is 0.352 e. The molecule has 2 amide bonds. The highest BCUT2D eigenvalue weighted by Gasteiger charge is 2.20. The normalized spacial score (nSPS) is 16.0. The van der Waals surface area contributed by atoms with Crippen molar-refractivity contribution in [1.29, 1.82) is 0 Å². The zero-order valence-corrected chi connectivity index (χ0v) is 12.7. The van der Waals surface area contributed by atoms with Gasteiger partial charge in [-0.2, -0.15) is 0 Å². The minimum Gasteiger partial charge on any atom is -0.352 e. The van der Waals surface area contributed by atoms with Gasteiger partial charge in [-0.25, -0.2) is 0 Å². The number of piperidine rings is 1. The number of nitrogens with zero attached hydrogens (tertiary/aromatic N) is 1. The number of amides is 2. The highest BCUT2D eigenvalue weighted by molar-refractivity contribution is 5.95. The van der Waals surface area contributed by atoms with Crippen molar-refractivity contribution in [2.45, 2.75) is 38.8 Å². The van der Waals surface area contributed by atoms with Crippen LogP contribution in [0, 0.1) is 0 Å². The quantitative estimate of drug-likeness (QED) is 0.746. The minimum absolute atomic E-state index is 0.00835. The van der Waals surface area contributed by atoms with Gasteiger partial charge in [0.15, 0.2) is 0 Å². The maximum absolute atomic E-state index is 12.2. The number of nitrogens with one attached hydrogen (secondary N) is 3. The first-order valence-corrected chi connectivity index (χ1v) is 7.53. The zero-order valence-electron chi connectivity index (χ0n) is 12.7. The molecule has 6 heteroatoms. The van der Waals surface area contributed by atoms with Gasteiger partial charge in [0.1, 0.15) is 5.69 Å². The molecule has 0 saturated carbocycles. The molecule has 21 heavy (non-hydrogen) atoms. The standard InChI is InChI=1S/C15H24N4O2/c1-11(2)18-14(20)10-17-15(21)13-4-3-9-19(13)12-5-7-16-8-6-12/h3-4,9,11-12,16H,5-8,10H2,1-2H3,(H,17,21)(H,18,20). The predicted molar refractivity (Wildman–Crippen MR) is 81.2 cm³/mol. The number of rotatable bonds is 5. The van der Waals surface area contributed by atoms with Gasteiger partial charge in [0, 0.05) is 18.3 Å². The van der Waals surface area contributed by atoms with Crippen LogP contribution in [0.15, 0.2) is 18.3 Å². The van der Waals surface area contributed by atoms with E-state index in [1.54, 1.807) is 6.07 Å². The maximum Gasteiger partial charge on any atom is 0.268 e. The van der Waals surface area contributed by atoms with Gasteiger partial charge in [0.05, 0.1) is 6.54 Å². The summed E-state index contributed by atoms with van der Waals surface area (Å²) in [5.41, 5.74) is 0.624. The Balaban J connectivity index is 1.93. The molecule has 0 radical (unpaired) electrons. The molecule has 6 nitrogen and oxygen atoms in total. The monoisotopic (exact) mass is 292 g/mol. The minimum atomic E-state index is -0.197. The van der Waals surface area contributed by atoms with E-state index in [0.29, 0.717) is 11.7 Å². The van der Waals surface area contributed by atoms with Crippen LogP contribution in [0.3, 0.4) is 0 Å². The van der Waals surface area contributed by atoms with Crippen LogP contribution in [-0.4, -0.2) is 42.1 Å². The highest BCUT2D eigenvalue weighted by atomic mass is 16.2. The van der Waals surface area contributed by atoms with Gasteiger partial charge in [0.25, 0.3) is 5.91 Å². The molecular formula is C15H24N4O2. The molecule has 0 unspecified atom stereocenters. The van der Waals surface area contributed by atoms with Crippen LogP contribution in [0.1, 0.15) is 43.2 Å². The van der Waals surface area contributed by atoms with Crippen molar-refractivity contribution in [3.8, 4) is 0 Å². The topological polar surface area (TPSA) is 75.2 Å². The van der Waals surface area contributed by atoms with Crippen LogP contribution in [0.5, 0.6) is 0 Å². The predicted octanol–water partition coefficient (Wildman–Crippen LogP) is 0.667. The lowest BCUT2D eigenvalue weighted by molar-refractivity contribution is -0.120. The maximum atomic E-state index is 12.2. The molecule has 2 rings (SSSR count). The summed E-state index contributed by atoms with van der Waals surface area (Å²) in [6.07, 6.45) is 3.98. The Morgan fingerprint density at radius 3 is 2.76 bits per heavy atom. The van der Waals surface area contributed by atoms with Crippen LogP contribution < -0.4 is 16.0 Å². The number of hydrogen-bond donors (Lipinski definition) is 3. The van der Waals surface area contributed by atoms with E-state index in [1.165, 1.54) is 0 Å². The van der Waals surface area contributed by atoms with Crippen molar-refractivity contribution in [3.63, 3.8) is 0 Å². The Labute approximate surface area is 125 Å². The fraction of sp³-hybridized carbons (Fsp3) is 0.600. The third-order valence-corrected chi connectivity index (χ3v) is 3.57. The summed E-state index contributed by atoms with van der Waals surface area (Å²) in [4.78, 5) is 23.8. The summed E-state index contributed by atoms with van der Waals surface area (Å²) in [6, 6.07) is 4.11. The second kappa shape index (κ2) is 7.26. The van der Waals surface area contributed by atoms with Crippen LogP contribution in [0.4, 0.5) is 0 Å². The lowest BCUT2D eigenvalue weighted by Gasteiger charge is -2.25. The molecule has 116 valence electrons. The Morgan fingerprint density at radius 2 is 2.10 bits per heavy atom. The summed E-state index contributed by atoms with van der Waals surface area (Å²) >= 11 is 0. The third kappa shape index (κ3) is 4.32. The Hall–Kier alpha value is -1.82. The molecule has 1 aromatic rings. The molecule has 1 fully saturated rings. The number of carbonyl (C=O) groups excluding carboxylic acids is 2. The van der Waals surface area contributed by atoms with Crippen molar-refractivity contribution in [1.82, 2.24) is 20.5 Å². The molecule has 1 saturated heterocycles. The van der Waals surface area contributed by atoms with Crippen molar-refractivity contribution < 1.29 is 9.59 Å². The molecule has 0 bridgehead atoms. The number of carbonyl (C=O) groups is 2. The number of hydrogen-bond acceptors (Lipinski definition) is 3. The molecule has 1 aliphatic rings. The summed E-state index contributed by atoms with van der Waals surface area (Å²) in [5, 5.41) is 8.75. The van der Waals surface area contributed by atoms with E-state index in [0.717, 1.165) is 25.9 Å². The van der Waals surface area contributed by atoms with Crippen molar-refractivity contribution >= 4 is 11.8 Å². The van der Waals surface area contributed by atoms with Gasteiger partial charge in [-0.3, -0.25) is 9.59 Å². The van der Waals surface area contributed by atoms with E-state index in [1.807, 2.05) is 30.7 Å². The molecule has 1 aromatic heterocycles. The highest BCUT2D eigenvalue weighted by Crippen LogP contribution is 2.21. The molecule has 0 atom stereocenters. The first-order chi connectivity index (χ1) is 10.1. The second-order valence-electron chi connectivity index (χ2n) is 5.69. The van der Waals surface area contributed by atoms with E-state index in [9.17, 15) is 9.59 Å². The van der Waals surface area contributed by atoms with Crippen molar-refractivity contribution in [2.75, 3.05) is 19.6 Å². The first kappa shape index (κ1) is 15.6. The van der Waals surface area contributed by atoms with Crippen LogP contribution in [0.2, 0.25) is 0 Å². The van der Waals surface area contributed by atoms with Crippen LogP contribution in [-0.2, 0) is 4.79 Å². The summed E-state index contributed by atoms with van der Waals surface area (Å²) in [7, 11) is 0. The summed E-state index contributed by atoms with van der Waals surface area (Å²) in [5.74, 6) is -0.365. The average Bonchev–Trinajstić information content (AvgIpc) is 2.94. The third-order valence-electron chi connectivity index (χ3n) is 3.57. The number of aromatic nitrogens is 1. The Kier molecular flexibility index (Phi) is 5.38. The summed E-state index contributed by atoms with van der Waals surface area (Å²) in [6.45, 7) is 5.74. The zero-order chi connectivity index (χ0) is 15.2. The molecular weight excluding hydrogens is 268 g/mol. The lowest BCUT2D eigenvalue weighted by atomic mass is 10.1. The van der Waals surface area contributed by atoms with Crippen LogP contribution in [0.25, 0.3) is 0 Å². The van der Waals surface area contributed by atoms with Crippen LogP contribution >= 0.6 is 0 Å². The first-order valence-electron chi connectivity index (χ1n) is 7.53. The fourth-order valence-electron chi connectivity index (χ4n) is 2.61. The van der Waals surface area contributed by atoms with Gasteiger partial charge >= 0.3 is 0 Å². The molecule has 0 aromatic carbocycles. The van der Waals surface area contributed by atoms with Gasteiger partial charge < -0.3 is 20.5 Å². The average molecular weight is 292 g/mol. The van der Waals surface area contributed by atoms with E-state index in [-0.39, 0.29) is 24.4 Å². The second-order valence-corrected chi connectivity index (χ2v) is 5.69. The smallest absolute Gasteiger partial charge is 0.268 e.